The summed E-state index contributed by atoms with van der Waals surface area (Å²) in [6, 6.07) is 5.59. The molecule has 0 bridgehead atoms. The molecule has 0 atom stereocenters. The van der Waals surface area contributed by atoms with Gasteiger partial charge in [0.05, 0.1) is 11.7 Å². The van der Waals surface area contributed by atoms with Crippen LogP contribution in [0.5, 0.6) is 0 Å². The van der Waals surface area contributed by atoms with Crippen molar-refractivity contribution in [3.05, 3.63) is 57.2 Å². The number of hydrogen-bond acceptors (Lipinski definition) is 4. The Balaban J connectivity index is 1.86. The van der Waals surface area contributed by atoms with Crippen molar-refractivity contribution in [1.29, 1.82) is 0 Å². The molecule has 0 saturated heterocycles. The summed E-state index contributed by atoms with van der Waals surface area (Å²) in [4.78, 5) is 30.5. The number of amides is 1. The van der Waals surface area contributed by atoms with E-state index in [2.05, 4.69) is 10.3 Å². The van der Waals surface area contributed by atoms with Gasteiger partial charge in [-0.25, -0.2) is 9.37 Å². The lowest BCUT2D eigenvalue weighted by Crippen LogP contribution is -2.27. The number of nitrogens with zero attached hydrogens (tertiary/aromatic N) is 2. The standard InChI is InChI=1S/C16H14FN3O2S/c1-9-10(2)23-15-14(9)16(22)20(8-18-15)7-13(21)19-12-5-3-4-11(17)6-12/h3-6,8H,7H2,1-2H3,(H,19,21). The lowest BCUT2D eigenvalue weighted by molar-refractivity contribution is -0.116. The molecule has 0 aliphatic heterocycles. The Hall–Kier alpha value is -2.54. The molecule has 5 nitrogen and oxygen atoms in total. The van der Waals surface area contributed by atoms with Gasteiger partial charge in [0.25, 0.3) is 5.56 Å². The first-order chi connectivity index (χ1) is 11.0. The van der Waals surface area contributed by atoms with E-state index in [-0.39, 0.29) is 12.1 Å². The summed E-state index contributed by atoms with van der Waals surface area (Å²) >= 11 is 1.46. The van der Waals surface area contributed by atoms with Crippen LogP contribution in [-0.4, -0.2) is 15.5 Å². The van der Waals surface area contributed by atoms with Crippen LogP contribution >= 0.6 is 11.3 Å². The number of anilines is 1. The lowest BCUT2D eigenvalue weighted by atomic mass is 10.2. The Morgan fingerprint density at radius 3 is 2.91 bits per heavy atom. The van der Waals surface area contributed by atoms with E-state index >= 15 is 0 Å². The highest BCUT2D eigenvalue weighted by Gasteiger charge is 2.13. The molecule has 7 heteroatoms. The highest BCUT2D eigenvalue weighted by molar-refractivity contribution is 7.18. The van der Waals surface area contributed by atoms with Crippen LogP contribution in [0.15, 0.2) is 35.4 Å². The van der Waals surface area contributed by atoms with Gasteiger partial charge in [0.1, 0.15) is 17.2 Å². The van der Waals surface area contributed by atoms with E-state index in [4.69, 9.17) is 0 Å². The number of carbonyl (C=O) groups is 1. The van der Waals surface area contributed by atoms with Gasteiger partial charge in [-0.3, -0.25) is 14.2 Å². The Labute approximate surface area is 135 Å². The molecule has 1 aromatic carbocycles. The SMILES string of the molecule is Cc1sc2ncn(CC(=O)Nc3cccc(F)c3)c(=O)c2c1C. The molecule has 2 heterocycles. The van der Waals surface area contributed by atoms with Crippen LogP contribution < -0.4 is 10.9 Å². The topological polar surface area (TPSA) is 64.0 Å². The van der Waals surface area contributed by atoms with Gasteiger partial charge >= 0.3 is 0 Å². The monoisotopic (exact) mass is 331 g/mol. The second kappa shape index (κ2) is 5.92. The molecule has 0 radical (unpaired) electrons. The van der Waals surface area contributed by atoms with Gasteiger partial charge in [-0.15, -0.1) is 11.3 Å². The van der Waals surface area contributed by atoms with Crippen molar-refractivity contribution < 1.29 is 9.18 Å². The fraction of sp³-hybridized carbons (Fsp3) is 0.188. The van der Waals surface area contributed by atoms with Crippen LogP contribution in [0.25, 0.3) is 10.2 Å². The van der Waals surface area contributed by atoms with E-state index in [1.165, 1.54) is 40.4 Å². The Morgan fingerprint density at radius 2 is 2.17 bits per heavy atom. The maximum atomic E-state index is 13.1. The molecule has 3 rings (SSSR count). The van der Waals surface area contributed by atoms with Crippen LogP contribution in [0.4, 0.5) is 10.1 Å². The van der Waals surface area contributed by atoms with Crippen molar-refractivity contribution in [2.75, 3.05) is 5.32 Å². The van der Waals surface area contributed by atoms with Gasteiger partial charge < -0.3 is 5.32 Å². The molecule has 2 aromatic heterocycles. The number of aromatic nitrogens is 2. The minimum absolute atomic E-state index is 0.174. The lowest BCUT2D eigenvalue weighted by Gasteiger charge is -2.07. The molecule has 0 saturated carbocycles. The number of aryl methyl sites for hydroxylation is 2. The predicted molar refractivity (Wildman–Crippen MR) is 88.4 cm³/mol. The first kappa shape index (κ1) is 15.4. The predicted octanol–water partition coefficient (Wildman–Crippen LogP) is 2.85. The van der Waals surface area contributed by atoms with Crippen LogP contribution in [0, 0.1) is 19.7 Å². The largest absolute Gasteiger partial charge is 0.324 e. The van der Waals surface area contributed by atoms with Crippen molar-refractivity contribution in [3.8, 4) is 0 Å². The normalized spacial score (nSPS) is 10.9. The highest BCUT2D eigenvalue weighted by Crippen LogP contribution is 2.25. The van der Waals surface area contributed by atoms with Gasteiger partial charge in [-0.05, 0) is 37.6 Å². The number of thiophene rings is 1. The van der Waals surface area contributed by atoms with Crippen LogP contribution in [0.2, 0.25) is 0 Å². The molecule has 23 heavy (non-hydrogen) atoms. The number of rotatable bonds is 3. The zero-order chi connectivity index (χ0) is 16.6. The van der Waals surface area contributed by atoms with Gasteiger partial charge in [-0.1, -0.05) is 6.07 Å². The van der Waals surface area contributed by atoms with E-state index in [1.807, 2.05) is 13.8 Å². The molecule has 118 valence electrons. The fourth-order valence-electron chi connectivity index (χ4n) is 2.30. The summed E-state index contributed by atoms with van der Waals surface area (Å²) in [5.74, 6) is -0.851. The number of carbonyl (C=O) groups excluding carboxylic acids is 1. The zero-order valence-electron chi connectivity index (χ0n) is 12.6. The molecule has 0 spiro atoms. The van der Waals surface area contributed by atoms with E-state index in [0.717, 1.165) is 10.4 Å². The van der Waals surface area contributed by atoms with Crippen molar-refractivity contribution in [3.63, 3.8) is 0 Å². The average Bonchev–Trinajstić information content (AvgIpc) is 2.78. The Kier molecular flexibility index (Phi) is 3.96. The summed E-state index contributed by atoms with van der Waals surface area (Å²) in [7, 11) is 0. The third kappa shape index (κ3) is 3.00. The quantitative estimate of drug-likeness (QED) is 0.803. The van der Waals surface area contributed by atoms with Crippen molar-refractivity contribution in [2.24, 2.45) is 0 Å². The summed E-state index contributed by atoms with van der Waals surface area (Å²) in [6.07, 6.45) is 1.37. The van der Waals surface area contributed by atoms with Gasteiger partial charge in [-0.2, -0.15) is 0 Å². The molecule has 1 amide bonds. The van der Waals surface area contributed by atoms with E-state index in [9.17, 15) is 14.0 Å². The van der Waals surface area contributed by atoms with Crippen LogP contribution in [0.1, 0.15) is 10.4 Å². The number of halogens is 1. The first-order valence-electron chi connectivity index (χ1n) is 6.96. The second-order valence-electron chi connectivity index (χ2n) is 5.20. The molecule has 0 fully saturated rings. The molecule has 0 aliphatic rings. The first-order valence-corrected chi connectivity index (χ1v) is 7.78. The molecule has 3 aromatic rings. The van der Waals surface area contributed by atoms with Crippen LogP contribution in [-0.2, 0) is 11.3 Å². The maximum absolute atomic E-state index is 13.1. The Bertz CT molecular complexity index is 962. The number of hydrogen-bond donors (Lipinski definition) is 1. The van der Waals surface area contributed by atoms with E-state index in [1.54, 1.807) is 6.07 Å². The minimum Gasteiger partial charge on any atom is -0.324 e. The van der Waals surface area contributed by atoms with Gasteiger partial charge in [0.2, 0.25) is 5.91 Å². The van der Waals surface area contributed by atoms with Gasteiger partial charge in [0.15, 0.2) is 0 Å². The van der Waals surface area contributed by atoms with Crippen LogP contribution in [0.3, 0.4) is 0 Å². The summed E-state index contributed by atoms with van der Waals surface area (Å²) in [5.41, 5.74) is 0.994. The summed E-state index contributed by atoms with van der Waals surface area (Å²) in [6.45, 7) is 3.63. The van der Waals surface area contributed by atoms with E-state index < -0.39 is 11.7 Å². The van der Waals surface area contributed by atoms with Crippen molar-refractivity contribution in [1.82, 2.24) is 9.55 Å². The number of benzene rings is 1. The zero-order valence-corrected chi connectivity index (χ0v) is 13.4. The summed E-state index contributed by atoms with van der Waals surface area (Å²) < 4.78 is 14.4. The molecular formula is C16H14FN3O2S. The molecular weight excluding hydrogens is 317 g/mol. The third-order valence-electron chi connectivity index (χ3n) is 3.58. The molecule has 0 aliphatic carbocycles. The maximum Gasteiger partial charge on any atom is 0.262 e. The fourth-order valence-corrected chi connectivity index (χ4v) is 3.29. The van der Waals surface area contributed by atoms with Crippen molar-refractivity contribution in [2.45, 2.75) is 20.4 Å². The smallest absolute Gasteiger partial charge is 0.262 e. The van der Waals surface area contributed by atoms with Gasteiger partial charge in [0, 0.05) is 10.6 Å². The minimum atomic E-state index is -0.438. The number of nitrogens with one attached hydrogen (secondary N) is 1. The second-order valence-corrected chi connectivity index (χ2v) is 6.40. The van der Waals surface area contributed by atoms with E-state index in [0.29, 0.717) is 15.9 Å². The average molecular weight is 331 g/mol. The summed E-state index contributed by atoms with van der Waals surface area (Å²) in [5, 5.41) is 3.11. The molecule has 0 unspecified atom stereocenters. The molecule has 1 N–H and O–H groups in total. The number of fused-ring (bicyclic) bond motifs is 1. The Morgan fingerprint density at radius 1 is 1.39 bits per heavy atom. The van der Waals surface area contributed by atoms with Crippen molar-refractivity contribution >= 4 is 33.1 Å². The third-order valence-corrected chi connectivity index (χ3v) is 4.69. The highest BCUT2D eigenvalue weighted by atomic mass is 32.1.